The molecule has 0 aromatic heterocycles. The lowest BCUT2D eigenvalue weighted by Gasteiger charge is -2.26. The highest BCUT2D eigenvalue weighted by atomic mass is 32.2. The molecule has 1 aliphatic heterocycles. The van der Waals surface area contributed by atoms with Crippen LogP contribution < -0.4 is 4.74 Å². The van der Waals surface area contributed by atoms with Crippen molar-refractivity contribution in [2.24, 2.45) is 0 Å². The van der Waals surface area contributed by atoms with Gasteiger partial charge in [0.25, 0.3) is 0 Å². The maximum Gasteiger partial charge on any atom is 0.335 e. The van der Waals surface area contributed by atoms with Crippen LogP contribution in [0.1, 0.15) is 27.9 Å². The molecule has 0 amide bonds. The topological polar surface area (TPSA) is 83.9 Å². The van der Waals surface area contributed by atoms with Gasteiger partial charge in [-0.15, -0.1) is 0 Å². The van der Waals surface area contributed by atoms with E-state index in [2.05, 4.69) is 0 Å². The summed E-state index contributed by atoms with van der Waals surface area (Å²) >= 11 is 0. The summed E-state index contributed by atoms with van der Waals surface area (Å²) in [7, 11) is -3.67. The minimum absolute atomic E-state index is 0.0565. The molecule has 0 unspecified atom stereocenters. The van der Waals surface area contributed by atoms with Gasteiger partial charge in [-0.25, -0.2) is 13.2 Å². The molecule has 6 nitrogen and oxygen atoms in total. The molecule has 0 fully saturated rings. The Morgan fingerprint density at radius 3 is 2.22 bits per heavy atom. The van der Waals surface area contributed by atoms with Crippen molar-refractivity contribution < 1.29 is 23.1 Å². The van der Waals surface area contributed by atoms with E-state index in [0.717, 1.165) is 22.4 Å². The number of hydrogen-bond acceptors (Lipinski definition) is 4. The summed E-state index contributed by atoms with van der Waals surface area (Å²) in [6.07, 6.45) is 2.52. The van der Waals surface area contributed by atoms with Gasteiger partial charge in [-0.3, -0.25) is 0 Å². The lowest BCUT2D eigenvalue weighted by molar-refractivity contribution is 0.0696. The lowest BCUT2D eigenvalue weighted by Crippen LogP contribution is -2.34. The number of ether oxygens (including phenoxy) is 1. The Labute approximate surface area is 187 Å². The second-order valence-electron chi connectivity index (χ2n) is 7.47. The van der Waals surface area contributed by atoms with E-state index in [-0.39, 0.29) is 17.0 Å². The van der Waals surface area contributed by atoms with Crippen LogP contribution >= 0.6 is 0 Å². The normalized spacial score (nSPS) is 14.6. The molecule has 0 atom stereocenters. The summed E-state index contributed by atoms with van der Waals surface area (Å²) in [6, 6.07) is 23.1. The van der Waals surface area contributed by atoms with Gasteiger partial charge in [-0.1, -0.05) is 48.5 Å². The molecule has 3 aromatic rings. The number of carboxylic acids is 1. The molecule has 32 heavy (non-hydrogen) atoms. The van der Waals surface area contributed by atoms with E-state index in [1.165, 1.54) is 28.6 Å². The van der Waals surface area contributed by atoms with E-state index in [1.54, 1.807) is 0 Å². The highest BCUT2D eigenvalue weighted by molar-refractivity contribution is 7.89. The maximum absolute atomic E-state index is 12.9. The second kappa shape index (κ2) is 9.38. The molecule has 0 radical (unpaired) electrons. The number of aromatic carboxylic acids is 1. The van der Waals surface area contributed by atoms with Gasteiger partial charge < -0.3 is 9.84 Å². The molecule has 3 aromatic carbocycles. The minimum Gasteiger partial charge on any atom is -0.489 e. The standard InChI is InChI=1S/C25H23NO5S/c27-25(28)22-8-12-24(13-9-22)32(29,30)26-16-14-21(15-17-26)20-6-10-23(11-7-20)31-18-19-4-2-1-3-5-19/h1-14H,15-18H2,(H,27,28). The van der Waals surface area contributed by atoms with Crippen molar-refractivity contribution in [1.82, 2.24) is 4.31 Å². The van der Waals surface area contributed by atoms with Gasteiger partial charge in [0.05, 0.1) is 10.5 Å². The van der Waals surface area contributed by atoms with E-state index in [9.17, 15) is 13.2 Å². The third kappa shape index (κ3) is 4.90. The predicted octanol–water partition coefficient (Wildman–Crippen LogP) is 4.44. The smallest absolute Gasteiger partial charge is 0.335 e. The highest BCUT2D eigenvalue weighted by Gasteiger charge is 2.26. The summed E-state index contributed by atoms with van der Waals surface area (Å²) in [5, 5.41) is 8.99. The number of rotatable bonds is 7. The zero-order valence-corrected chi connectivity index (χ0v) is 18.2. The van der Waals surface area contributed by atoms with E-state index in [4.69, 9.17) is 9.84 Å². The van der Waals surface area contributed by atoms with Crippen molar-refractivity contribution in [3.8, 4) is 5.75 Å². The molecule has 0 bridgehead atoms. The molecule has 7 heteroatoms. The Kier molecular flexibility index (Phi) is 6.39. The Balaban J connectivity index is 1.39. The van der Waals surface area contributed by atoms with Crippen molar-refractivity contribution in [3.05, 3.63) is 102 Å². The van der Waals surface area contributed by atoms with E-state index in [0.29, 0.717) is 19.6 Å². The number of nitrogens with zero attached hydrogens (tertiary/aromatic N) is 1. The number of carboxylic acid groups (broad SMARTS) is 1. The third-order valence-electron chi connectivity index (χ3n) is 5.38. The van der Waals surface area contributed by atoms with Crippen LogP contribution in [0.15, 0.2) is 89.8 Å². The zero-order chi connectivity index (χ0) is 22.6. The van der Waals surface area contributed by atoms with Gasteiger partial charge in [0.1, 0.15) is 12.4 Å². The molecule has 0 saturated heterocycles. The number of hydrogen-bond donors (Lipinski definition) is 1. The molecular formula is C25H23NO5S. The molecule has 4 rings (SSSR count). The van der Waals surface area contributed by atoms with Crippen LogP contribution in [0.25, 0.3) is 5.57 Å². The SMILES string of the molecule is O=C(O)c1ccc(S(=O)(=O)N2CC=C(c3ccc(OCc4ccccc4)cc3)CC2)cc1. The number of carbonyl (C=O) groups is 1. The fourth-order valence-corrected chi connectivity index (χ4v) is 4.94. The van der Waals surface area contributed by atoms with Crippen molar-refractivity contribution in [2.75, 3.05) is 13.1 Å². The van der Waals surface area contributed by atoms with Crippen molar-refractivity contribution in [1.29, 1.82) is 0 Å². The van der Waals surface area contributed by atoms with Gasteiger partial charge in [0, 0.05) is 13.1 Å². The van der Waals surface area contributed by atoms with E-state index < -0.39 is 16.0 Å². The first-order valence-corrected chi connectivity index (χ1v) is 11.7. The Bertz CT molecular complexity index is 1220. The lowest BCUT2D eigenvalue weighted by atomic mass is 10.0. The largest absolute Gasteiger partial charge is 0.489 e. The quantitative estimate of drug-likeness (QED) is 0.576. The van der Waals surface area contributed by atoms with Crippen LogP contribution in [0.4, 0.5) is 0 Å². The third-order valence-corrected chi connectivity index (χ3v) is 7.26. The molecule has 0 aliphatic carbocycles. The Morgan fingerprint density at radius 2 is 1.62 bits per heavy atom. The molecule has 1 heterocycles. The maximum atomic E-state index is 12.9. The Hall–Kier alpha value is -3.42. The van der Waals surface area contributed by atoms with Crippen LogP contribution in [0, 0.1) is 0 Å². The molecule has 164 valence electrons. The first-order valence-electron chi connectivity index (χ1n) is 10.2. The average molecular weight is 450 g/mol. The van der Waals surface area contributed by atoms with Gasteiger partial charge in [0.15, 0.2) is 0 Å². The van der Waals surface area contributed by atoms with Crippen molar-refractivity contribution in [2.45, 2.75) is 17.9 Å². The first-order chi connectivity index (χ1) is 15.4. The molecular weight excluding hydrogens is 426 g/mol. The van der Waals surface area contributed by atoms with Crippen LogP contribution in [0.5, 0.6) is 5.75 Å². The van der Waals surface area contributed by atoms with Crippen LogP contribution in [0.3, 0.4) is 0 Å². The van der Waals surface area contributed by atoms with Crippen LogP contribution in [-0.4, -0.2) is 36.9 Å². The summed E-state index contributed by atoms with van der Waals surface area (Å²) < 4.78 is 33.0. The summed E-state index contributed by atoms with van der Waals surface area (Å²) in [6.45, 7) is 1.13. The average Bonchev–Trinajstić information content (AvgIpc) is 2.84. The summed E-state index contributed by atoms with van der Waals surface area (Å²) in [4.78, 5) is 11.1. The molecule has 1 aliphatic rings. The van der Waals surface area contributed by atoms with E-state index >= 15 is 0 Å². The first kappa shape index (κ1) is 21.8. The van der Waals surface area contributed by atoms with Gasteiger partial charge in [0.2, 0.25) is 10.0 Å². The van der Waals surface area contributed by atoms with Crippen LogP contribution in [0.2, 0.25) is 0 Å². The van der Waals surface area contributed by atoms with Crippen molar-refractivity contribution in [3.63, 3.8) is 0 Å². The predicted molar refractivity (Wildman–Crippen MR) is 122 cm³/mol. The Morgan fingerprint density at radius 1 is 0.938 bits per heavy atom. The minimum atomic E-state index is -3.67. The molecule has 1 N–H and O–H groups in total. The van der Waals surface area contributed by atoms with Gasteiger partial charge in [-0.2, -0.15) is 4.31 Å². The van der Waals surface area contributed by atoms with Crippen molar-refractivity contribution >= 4 is 21.6 Å². The monoisotopic (exact) mass is 449 g/mol. The van der Waals surface area contributed by atoms with Gasteiger partial charge >= 0.3 is 5.97 Å². The molecule has 0 saturated carbocycles. The van der Waals surface area contributed by atoms with Crippen LogP contribution in [-0.2, 0) is 16.6 Å². The zero-order valence-electron chi connectivity index (χ0n) is 17.3. The fourth-order valence-electron chi connectivity index (χ4n) is 3.56. The van der Waals surface area contributed by atoms with Gasteiger partial charge in [-0.05, 0) is 59.5 Å². The molecule has 0 spiro atoms. The number of sulfonamides is 1. The summed E-state index contributed by atoms with van der Waals surface area (Å²) in [5.41, 5.74) is 3.29. The van der Waals surface area contributed by atoms with E-state index in [1.807, 2.05) is 60.7 Å². The second-order valence-corrected chi connectivity index (χ2v) is 9.41. The fraction of sp³-hybridized carbons (Fsp3) is 0.160. The highest BCUT2D eigenvalue weighted by Crippen LogP contribution is 2.27. The summed E-state index contributed by atoms with van der Waals surface area (Å²) in [5.74, 6) is -0.306. The number of benzene rings is 3.